The van der Waals surface area contributed by atoms with Crippen molar-refractivity contribution < 1.29 is 29.6 Å². The summed E-state index contributed by atoms with van der Waals surface area (Å²) >= 11 is 0. The first kappa shape index (κ1) is 24.6. The summed E-state index contributed by atoms with van der Waals surface area (Å²) in [7, 11) is 3.87. The molecule has 178 valence electrons. The van der Waals surface area contributed by atoms with Crippen molar-refractivity contribution >= 4 is 11.9 Å². The molecule has 2 aliphatic heterocycles. The second-order valence-corrected chi connectivity index (χ2v) is 9.72. The highest BCUT2D eigenvalue weighted by Gasteiger charge is 2.57. The van der Waals surface area contributed by atoms with Gasteiger partial charge in [-0.1, -0.05) is 30.3 Å². The summed E-state index contributed by atoms with van der Waals surface area (Å²) in [5.41, 5.74) is -0.655. The quantitative estimate of drug-likeness (QED) is 0.476. The lowest BCUT2D eigenvalue weighted by atomic mass is 9.72. The van der Waals surface area contributed by atoms with Crippen LogP contribution >= 0.6 is 0 Å². The van der Waals surface area contributed by atoms with E-state index in [9.17, 15) is 19.8 Å². The third-order valence-electron chi connectivity index (χ3n) is 7.13. The number of aliphatic hydroxyl groups is 2. The topological polar surface area (TPSA) is 119 Å². The van der Waals surface area contributed by atoms with Gasteiger partial charge in [-0.05, 0) is 58.2 Å². The molecule has 0 radical (unpaired) electrons. The molecule has 1 amide bonds. The normalized spacial score (nSPS) is 33.4. The third kappa shape index (κ3) is 5.31. The lowest BCUT2D eigenvalue weighted by molar-refractivity contribution is -0.250. The Morgan fingerprint density at radius 2 is 1.91 bits per heavy atom. The molecule has 2 heterocycles. The molecule has 0 saturated carbocycles. The van der Waals surface area contributed by atoms with E-state index in [0.717, 1.165) is 5.56 Å². The number of aliphatic hydroxyl groups excluding tert-OH is 2. The minimum atomic E-state index is -1.04. The molecule has 2 bridgehead atoms. The third-order valence-corrected chi connectivity index (χ3v) is 7.13. The van der Waals surface area contributed by atoms with Crippen LogP contribution in [0.1, 0.15) is 56.9 Å². The fraction of sp³-hybridized carbons (Fsp3) is 0.667. The van der Waals surface area contributed by atoms with Crippen LogP contribution in [0.15, 0.2) is 30.3 Å². The largest absolute Gasteiger partial charge is 0.481 e. The van der Waals surface area contributed by atoms with Crippen molar-refractivity contribution in [1.82, 2.24) is 10.2 Å². The molecular weight excluding hydrogens is 412 g/mol. The number of nitrogens with one attached hydrogen (secondary N) is 1. The highest BCUT2D eigenvalue weighted by molar-refractivity contribution is 5.80. The predicted octanol–water partition coefficient (Wildman–Crippen LogP) is 1.50. The maximum atomic E-state index is 12.0. The number of nitrogens with zero attached hydrogens (tertiary/aromatic N) is 1. The van der Waals surface area contributed by atoms with Gasteiger partial charge in [0, 0.05) is 19.0 Å². The molecule has 8 heteroatoms. The van der Waals surface area contributed by atoms with Crippen molar-refractivity contribution in [2.75, 3.05) is 20.6 Å². The number of aliphatic carboxylic acids is 1. The van der Waals surface area contributed by atoms with Crippen LogP contribution in [0.3, 0.4) is 0 Å². The van der Waals surface area contributed by atoms with Crippen molar-refractivity contribution in [3.63, 3.8) is 0 Å². The summed E-state index contributed by atoms with van der Waals surface area (Å²) in [6.07, 6.45) is 0.273. The Morgan fingerprint density at radius 3 is 2.53 bits per heavy atom. The van der Waals surface area contributed by atoms with Gasteiger partial charge in [-0.2, -0.15) is 0 Å². The average molecular weight is 449 g/mol. The molecule has 0 aliphatic carbocycles. The number of benzene rings is 1. The standard InChI is InChI=1S/C24H36N2O6/c1-23-13-17(16-7-5-4-6-8-16)14-24(32-23,12-11-18(22(23)31)26(2)3)19(27)15-25-20(28)9-10-21(29)30/h4-8,17-19,22,27,31H,9-15H2,1-3H3,(H,25,28)(H,29,30)/t17-,18-,19?,22+,23+,24+/m1/s1. The molecule has 0 aromatic heterocycles. The maximum absolute atomic E-state index is 12.0. The fourth-order valence-corrected chi connectivity index (χ4v) is 5.39. The van der Waals surface area contributed by atoms with Gasteiger partial charge < -0.3 is 30.3 Å². The summed E-state index contributed by atoms with van der Waals surface area (Å²) in [4.78, 5) is 24.8. The Morgan fingerprint density at radius 1 is 1.22 bits per heavy atom. The Balaban J connectivity index is 1.86. The number of likely N-dealkylation sites (N-methyl/N-ethyl adjacent to an activating group) is 1. The molecule has 3 rings (SSSR count). The molecule has 2 fully saturated rings. The number of hydrogen-bond acceptors (Lipinski definition) is 6. The monoisotopic (exact) mass is 448 g/mol. The second kappa shape index (κ2) is 9.87. The van der Waals surface area contributed by atoms with Crippen LogP contribution in [0.2, 0.25) is 0 Å². The molecule has 2 saturated heterocycles. The summed E-state index contributed by atoms with van der Waals surface area (Å²) < 4.78 is 6.59. The SMILES string of the molecule is CN(C)[C@@H]1CC[C@@]2(C(O)CNC(=O)CCC(=O)O)C[C@H](c3ccccc3)C[C@](C)(O2)[C@H]1O. The van der Waals surface area contributed by atoms with Crippen LogP contribution in [0.25, 0.3) is 0 Å². The summed E-state index contributed by atoms with van der Waals surface area (Å²) in [6.45, 7) is 1.89. The van der Waals surface area contributed by atoms with Crippen molar-refractivity contribution in [2.45, 2.75) is 80.8 Å². The zero-order valence-corrected chi connectivity index (χ0v) is 19.2. The van der Waals surface area contributed by atoms with E-state index in [1.54, 1.807) is 0 Å². The van der Waals surface area contributed by atoms with E-state index in [1.807, 2.05) is 44.1 Å². The summed E-state index contributed by atoms with van der Waals surface area (Å²) in [5.74, 6) is -1.37. The number of ether oxygens (including phenoxy) is 1. The molecule has 1 aromatic carbocycles. The van der Waals surface area contributed by atoms with Gasteiger partial charge in [0.15, 0.2) is 0 Å². The van der Waals surface area contributed by atoms with Crippen LogP contribution in [0.4, 0.5) is 0 Å². The fourth-order valence-electron chi connectivity index (χ4n) is 5.39. The van der Waals surface area contributed by atoms with E-state index >= 15 is 0 Å². The first-order valence-electron chi connectivity index (χ1n) is 11.3. The Labute approximate surface area is 189 Å². The van der Waals surface area contributed by atoms with E-state index in [0.29, 0.717) is 25.7 Å². The highest BCUT2D eigenvalue weighted by Crippen LogP contribution is 2.51. The molecule has 2 aliphatic rings. The van der Waals surface area contributed by atoms with Crippen LogP contribution in [-0.4, -0.2) is 82.2 Å². The minimum absolute atomic E-state index is 0.0290. The van der Waals surface area contributed by atoms with Gasteiger partial charge in [0.1, 0.15) is 6.10 Å². The molecule has 4 N–H and O–H groups in total. The number of rotatable bonds is 8. The number of fused-ring (bicyclic) bond motifs is 2. The van der Waals surface area contributed by atoms with Crippen LogP contribution in [0.5, 0.6) is 0 Å². The number of hydrogen-bond donors (Lipinski definition) is 4. The zero-order valence-electron chi connectivity index (χ0n) is 19.2. The minimum Gasteiger partial charge on any atom is -0.481 e. The Hall–Kier alpha value is -2.00. The van der Waals surface area contributed by atoms with Crippen molar-refractivity contribution in [3.05, 3.63) is 35.9 Å². The first-order chi connectivity index (χ1) is 15.1. The van der Waals surface area contributed by atoms with Crippen molar-refractivity contribution in [3.8, 4) is 0 Å². The van der Waals surface area contributed by atoms with Gasteiger partial charge in [0.05, 0.1) is 23.7 Å². The molecule has 0 spiro atoms. The van der Waals surface area contributed by atoms with E-state index < -0.39 is 35.3 Å². The van der Waals surface area contributed by atoms with Gasteiger partial charge in [-0.15, -0.1) is 0 Å². The van der Waals surface area contributed by atoms with Crippen LogP contribution in [-0.2, 0) is 14.3 Å². The lowest BCUT2D eigenvalue weighted by Gasteiger charge is -2.52. The van der Waals surface area contributed by atoms with Crippen LogP contribution < -0.4 is 5.32 Å². The average Bonchev–Trinajstić information content (AvgIpc) is 2.83. The van der Waals surface area contributed by atoms with Gasteiger partial charge in [0.25, 0.3) is 0 Å². The molecule has 32 heavy (non-hydrogen) atoms. The zero-order chi connectivity index (χ0) is 23.5. The van der Waals surface area contributed by atoms with Gasteiger partial charge in [-0.3, -0.25) is 9.59 Å². The van der Waals surface area contributed by atoms with Crippen LogP contribution in [0, 0.1) is 0 Å². The van der Waals surface area contributed by atoms with Gasteiger partial charge in [-0.25, -0.2) is 0 Å². The number of carboxylic acid groups (broad SMARTS) is 1. The molecular formula is C24H36N2O6. The lowest BCUT2D eigenvalue weighted by Crippen LogP contribution is -2.61. The number of carboxylic acids is 1. The Kier molecular flexibility index (Phi) is 7.60. The predicted molar refractivity (Wildman–Crippen MR) is 119 cm³/mol. The van der Waals surface area contributed by atoms with E-state index in [-0.39, 0.29) is 31.3 Å². The summed E-state index contributed by atoms with van der Waals surface area (Å²) in [5, 5.41) is 34.0. The van der Waals surface area contributed by atoms with Crippen molar-refractivity contribution in [1.29, 1.82) is 0 Å². The summed E-state index contributed by atoms with van der Waals surface area (Å²) in [6, 6.07) is 9.95. The van der Waals surface area contributed by atoms with E-state index in [1.165, 1.54) is 0 Å². The van der Waals surface area contributed by atoms with Crippen molar-refractivity contribution in [2.24, 2.45) is 0 Å². The maximum Gasteiger partial charge on any atom is 0.303 e. The Bertz CT molecular complexity index is 803. The van der Waals surface area contributed by atoms with Gasteiger partial charge >= 0.3 is 5.97 Å². The molecule has 6 atom stereocenters. The van der Waals surface area contributed by atoms with E-state index in [4.69, 9.17) is 9.84 Å². The van der Waals surface area contributed by atoms with Gasteiger partial charge in [0.2, 0.25) is 5.91 Å². The number of carbonyl (C=O) groups is 2. The smallest absolute Gasteiger partial charge is 0.303 e. The highest BCUT2D eigenvalue weighted by atomic mass is 16.6. The number of amides is 1. The molecule has 1 unspecified atom stereocenters. The molecule has 8 nitrogen and oxygen atoms in total. The first-order valence-corrected chi connectivity index (χ1v) is 11.3. The van der Waals surface area contributed by atoms with E-state index in [2.05, 4.69) is 17.4 Å². The molecule has 1 aromatic rings. The second-order valence-electron chi connectivity index (χ2n) is 9.72. The number of carbonyl (C=O) groups excluding carboxylic acids is 1.